The first kappa shape index (κ1) is 14.9. The van der Waals surface area contributed by atoms with Crippen LogP contribution in [0.4, 0.5) is 0 Å². The van der Waals surface area contributed by atoms with E-state index < -0.39 is 0 Å². The zero-order valence-electron chi connectivity index (χ0n) is 10.2. The van der Waals surface area contributed by atoms with Gasteiger partial charge in [-0.05, 0) is 11.6 Å². The first-order chi connectivity index (χ1) is 8.36. The molecule has 2 rings (SSSR count). The predicted octanol–water partition coefficient (Wildman–Crippen LogP) is 0.919. The molecule has 1 aliphatic heterocycles. The van der Waals surface area contributed by atoms with Crippen LogP contribution in [0.2, 0.25) is 0 Å². The van der Waals surface area contributed by atoms with Gasteiger partial charge >= 0.3 is 0 Å². The second-order valence-corrected chi connectivity index (χ2v) is 4.18. The summed E-state index contributed by atoms with van der Waals surface area (Å²) in [4.78, 5) is 2.23. The van der Waals surface area contributed by atoms with Crippen LogP contribution in [-0.2, 0) is 0 Å². The standard InChI is InChI=1S/C13H17N3O.ClH/c14-9-11-3-1-2-4-12(11)13(10-17)16-7-5-15-6-8-16;/h1-4,13,15,17H,5-8,10H2;1H/t13-;/m0./s1. The minimum Gasteiger partial charge on any atom is -0.394 e. The van der Waals surface area contributed by atoms with Gasteiger partial charge in [0.15, 0.2) is 0 Å². The van der Waals surface area contributed by atoms with Gasteiger partial charge in [-0.25, -0.2) is 0 Å². The zero-order chi connectivity index (χ0) is 12.1. The van der Waals surface area contributed by atoms with E-state index in [4.69, 9.17) is 5.26 Å². The highest BCUT2D eigenvalue weighted by Crippen LogP contribution is 2.23. The SMILES string of the molecule is Cl.N#Cc1ccccc1[C@H](CO)N1CCNCC1. The summed E-state index contributed by atoms with van der Waals surface area (Å²) in [5, 5.41) is 22.0. The minimum absolute atomic E-state index is 0. The Morgan fingerprint density at radius 3 is 2.61 bits per heavy atom. The average molecular weight is 268 g/mol. The molecule has 0 aromatic heterocycles. The van der Waals surface area contributed by atoms with Gasteiger partial charge in [-0.15, -0.1) is 12.4 Å². The highest BCUT2D eigenvalue weighted by Gasteiger charge is 2.23. The van der Waals surface area contributed by atoms with E-state index in [-0.39, 0.29) is 25.1 Å². The summed E-state index contributed by atoms with van der Waals surface area (Å²) in [7, 11) is 0. The van der Waals surface area contributed by atoms with Gasteiger partial charge in [0.2, 0.25) is 0 Å². The molecule has 18 heavy (non-hydrogen) atoms. The largest absolute Gasteiger partial charge is 0.394 e. The summed E-state index contributed by atoms with van der Waals surface area (Å²) in [6, 6.07) is 9.64. The van der Waals surface area contributed by atoms with E-state index in [0.717, 1.165) is 31.7 Å². The Labute approximate surface area is 114 Å². The molecule has 1 saturated heterocycles. The third kappa shape index (κ3) is 3.21. The third-order valence-electron chi connectivity index (χ3n) is 3.21. The maximum atomic E-state index is 9.58. The molecule has 1 heterocycles. The number of nitrogens with one attached hydrogen (secondary N) is 1. The number of hydrogen-bond acceptors (Lipinski definition) is 4. The van der Waals surface area contributed by atoms with Crippen LogP contribution in [-0.4, -0.2) is 42.8 Å². The molecule has 1 fully saturated rings. The Balaban J connectivity index is 0.00000162. The van der Waals surface area contributed by atoms with E-state index >= 15 is 0 Å². The Bertz CT molecular complexity index is 413. The van der Waals surface area contributed by atoms with E-state index in [1.54, 1.807) is 6.07 Å². The molecule has 1 aliphatic rings. The monoisotopic (exact) mass is 267 g/mol. The Hall–Kier alpha value is -1.12. The number of hydrogen-bond donors (Lipinski definition) is 2. The number of aliphatic hydroxyl groups is 1. The van der Waals surface area contributed by atoms with Gasteiger partial charge in [0.1, 0.15) is 0 Å². The first-order valence-corrected chi connectivity index (χ1v) is 5.91. The van der Waals surface area contributed by atoms with Crippen molar-refractivity contribution in [1.29, 1.82) is 5.26 Å². The Morgan fingerprint density at radius 1 is 1.33 bits per heavy atom. The number of piperazine rings is 1. The lowest BCUT2D eigenvalue weighted by Gasteiger charge is -2.34. The summed E-state index contributed by atoms with van der Waals surface area (Å²) in [6.45, 7) is 3.74. The fourth-order valence-electron chi connectivity index (χ4n) is 2.29. The van der Waals surface area contributed by atoms with Gasteiger partial charge in [0.25, 0.3) is 0 Å². The number of nitriles is 1. The van der Waals surface area contributed by atoms with Crippen molar-refractivity contribution in [2.24, 2.45) is 0 Å². The Morgan fingerprint density at radius 2 is 2.00 bits per heavy atom. The normalized spacial score (nSPS) is 17.6. The van der Waals surface area contributed by atoms with Gasteiger partial charge in [-0.2, -0.15) is 5.26 Å². The number of benzene rings is 1. The minimum atomic E-state index is -0.0621. The van der Waals surface area contributed by atoms with Crippen molar-refractivity contribution in [3.63, 3.8) is 0 Å². The lowest BCUT2D eigenvalue weighted by atomic mass is 10.00. The molecule has 0 spiro atoms. The van der Waals surface area contributed by atoms with Crippen LogP contribution in [0.1, 0.15) is 17.2 Å². The van der Waals surface area contributed by atoms with Crippen LogP contribution >= 0.6 is 12.4 Å². The van der Waals surface area contributed by atoms with Crippen molar-refractivity contribution in [2.75, 3.05) is 32.8 Å². The molecule has 0 radical (unpaired) electrons. The number of aliphatic hydroxyl groups excluding tert-OH is 1. The first-order valence-electron chi connectivity index (χ1n) is 5.91. The molecule has 2 N–H and O–H groups in total. The van der Waals surface area contributed by atoms with Crippen LogP contribution in [0.5, 0.6) is 0 Å². The van der Waals surface area contributed by atoms with E-state index in [1.807, 2.05) is 18.2 Å². The molecule has 98 valence electrons. The maximum absolute atomic E-state index is 9.58. The second kappa shape index (κ2) is 7.34. The molecular formula is C13H18ClN3O. The molecule has 1 atom stereocenters. The molecule has 1 aromatic carbocycles. The summed E-state index contributed by atoms with van der Waals surface area (Å²) >= 11 is 0. The van der Waals surface area contributed by atoms with Crippen LogP contribution in [0.15, 0.2) is 24.3 Å². The predicted molar refractivity (Wildman–Crippen MR) is 72.7 cm³/mol. The molecule has 0 aliphatic carbocycles. The fourth-order valence-corrected chi connectivity index (χ4v) is 2.29. The third-order valence-corrected chi connectivity index (χ3v) is 3.21. The lowest BCUT2D eigenvalue weighted by Crippen LogP contribution is -2.46. The van der Waals surface area contributed by atoms with Gasteiger partial charge in [0.05, 0.1) is 24.3 Å². The van der Waals surface area contributed by atoms with E-state index in [1.165, 1.54) is 0 Å². The summed E-state index contributed by atoms with van der Waals surface area (Å²) in [5.74, 6) is 0. The highest BCUT2D eigenvalue weighted by atomic mass is 35.5. The maximum Gasteiger partial charge on any atom is 0.0995 e. The molecule has 0 bridgehead atoms. The van der Waals surface area contributed by atoms with E-state index in [0.29, 0.717) is 5.56 Å². The van der Waals surface area contributed by atoms with Gasteiger partial charge < -0.3 is 10.4 Å². The number of halogens is 1. The molecule has 5 heteroatoms. The van der Waals surface area contributed by atoms with Crippen molar-refractivity contribution < 1.29 is 5.11 Å². The second-order valence-electron chi connectivity index (χ2n) is 4.18. The molecule has 0 saturated carbocycles. The molecular weight excluding hydrogens is 250 g/mol. The van der Waals surface area contributed by atoms with Crippen molar-refractivity contribution in [3.8, 4) is 6.07 Å². The van der Waals surface area contributed by atoms with Gasteiger partial charge in [0, 0.05) is 26.2 Å². The average Bonchev–Trinajstić information content (AvgIpc) is 2.41. The van der Waals surface area contributed by atoms with Gasteiger partial charge in [-0.3, -0.25) is 4.90 Å². The summed E-state index contributed by atoms with van der Waals surface area (Å²) in [5.41, 5.74) is 1.59. The van der Waals surface area contributed by atoms with E-state index in [2.05, 4.69) is 16.3 Å². The zero-order valence-corrected chi connectivity index (χ0v) is 11.0. The quantitative estimate of drug-likeness (QED) is 0.855. The summed E-state index contributed by atoms with van der Waals surface area (Å²) < 4.78 is 0. The smallest absolute Gasteiger partial charge is 0.0995 e. The highest BCUT2D eigenvalue weighted by molar-refractivity contribution is 5.85. The van der Waals surface area contributed by atoms with Crippen LogP contribution < -0.4 is 5.32 Å². The molecule has 4 nitrogen and oxygen atoms in total. The molecule has 0 unspecified atom stereocenters. The number of rotatable bonds is 3. The van der Waals surface area contributed by atoms with E-state index in [9.17, 15) is 5.11 Å². The van der Waals surface area contributed by atoms with Crippen LogP contribution in [0.3, 0.4) is 0 Å². The van der Waals surface area contributed by atoms with Crippen molar-refractivity contribution in [2.45, 2.75) is 6.04 Å². The lowest BCUT2D eigenvalue weighted by molar-refractivity contribution is 0.110. The molecule has 1 aromatic rings. The van der Waals surface area contributed by atoms with Crippen molar-refractivity contribution in [1.82, 2.24) is 10.2 Å². The fraction of sp³-hybridized carbons (Fsp3) is 0.462. The number of nitrogens with zero attached hydrogens (tertiary/aromatic N) is 2. The van der Waals surface area contributed by atoms with Crippen LogP contribution in [0.25, 0.3) is 0 Å². The van der Waals surface area contributed by atoms with Gasteiger partial charge in [-0.1, -0.05) is 18.2 Å². The topological polar surface area (TPSA) is 59.3 Å². The Kier molecular flexibility index (Phi) is 6.10. The molecule has 0 amide bonds. The summed E-state index contributed by atoms with van der Waals surface area (Å²) in [6.07, 6.45) is 0. The van der Waals surface area contributed by atoms with Crippen LogP contribution in [0, 0.1) is 11.3 Å². The van der Waals surface area contributed by atoms with Crippen molar-refractivity contribution >= 4 is 12.4 Å². The van der Waals surface area contributed by atoms with Crippen molar-refractivity contribution in [3.05, 3.63) is 35.4 Å².